The molecular formula is C18H17N3O5S. The maximum absolute atomic E-state index is 12.6. The number of hydrogen-bond donors (Lipinski definition) is 2. The number of sulfonamides is 1. The minimum atomic E-state index is -3.86. The van der Waals surface area contributed by atoms with Gasteiger partial charge in [-0.05, 0) is 48.0 Å². The number of benzene rings is 1. The second-order valence-corrected chi connectivity index (χ2v) is 7.34. The molecular weight excluding hydrogens is 370 g/mol. The van der Waals surface area contributed by atoms with Gasteiger partial charge in [-0.3, -0.25) is 9.78 Å². The van der Waals surface area contributed by atoms with Crippen LogP contribution in [-0.2, 0) is 16.6 Å². The number of carbonyl (C=O) groups excluding carboxylic acids is 1. The van der Waals surface area contributed by atoms with Crippen molar-refractivity contribution < 1.29 is 22.4 Å². The molecule has 140 valence electrons. The van der Waals surface area contributed by atoms with Crippen LogP contribution in [0.4, 0.5) is 0 Å². The van der Waals surface area contributed by atoms with Gasteiger partial charge in [0.2, 0.25) is 10.0 Å². The highest BCUT2D eigenvalue weighted by Crippen LogP contribution is 2.22. The summed E-state index contributed by atoms with van der Waals surface area (Å²) in [5.74, 6) is 0.0146. The van der Waals surface area contributed by atoms with Crippen molar-refractivity contribution in [2.75, 3.05) is 7.11 Å². The zero-order valence-electron chi connectivity index (χ0n) is 14.4. The molecule has 0 aliphatic heterocycles. The van der Waals surface area contributed by atoms with Crippen LogP contribution < -0.4 is 15.2 Å². The van der Waals surface area contributed by atoms with Crippen molar-refractivity contribution >= 4 is 15.9 Å². The van der Waals surface area contributed by atoms with Crippen molar-refractivity contribution in [2.24, 2.45) is 5.73 Å². The van der Waals surface area contributed by atoms with E-state index in [1.807, 2.05) is 0 Å². The molecule has 0 aliphatic carbocycles. The molecule has 3 N–H and O–H groups in total. The molecule has 2 aromatic heterocycles. The first-order chi connectivity index (χ1) is 12.9. The van der Waals surface area contributed by atoms with E-state index in [9.17, 15) is 13.2 Å². The molecule has 1 aromatic carbocycles. The van der Waals surface area contributed by atoms with Gasteiger partial charge in [-0.15, -0.1) is 0 Å². The number of carbonyl (C=O) groups is 1. The van der Waals surface area contributed by atoms with Crippen LogP contribution in [0.3, 0.4) is 0 Å². The van der Waals surface area contributed by atoms with Gasteiger partial charge < -0.3 is 14.9 Å². The molecule has 0 bridgehead atoms. The first kappa shape index (κ1) is 18.6. The number of nitrogens with two attached hydrogens (primary N) is 1. The Morgan fingerprint density at radius 2 is 2.07 bits per heavy atom. The van der Waals surface area contributed by atoms with E-state index >= 15 is 0 Å². The molecule has 0 saturated heterocycles. The lowest BCUT2D eigenvalue weighted by Crippen LogP contribution is -2.24. The van der Waals surface area contributed by atoms with Gasteiger partial charge in [0.1, 0.15) is 11.4 Å². The molecule has 0 radical (unpaired) electrons. The van der Waals surface area contributed by atoms with E-state index in [2.05, 4.69) is 9.71 Å². The molecule has 0 aliphatic rings. The van der Waals surface area contributed by atoms with Gasteiger partial charge in [0, 0.05) is 12.7 Å². The molecule has 1 amide bonds. The van der Waals surface area contributed by atoms with Crippen molar-refractivity contribution in [2.45, 2.75) is 11.4 Å². The molecule has 9 heteroatoms. The zero-order valence-corrected chi connectivity index (χ0v) is 15.2. The number of nitrogens with one attached hydrogen (secondary N) is 1. The van der Waals surface area contributed by atoms with Crippen LogP contribution in [0.15, 0.2) is 64.2 Å². The van der Waals surface area contributed by atoms with Crippen molar-refractivity contribution in [1.82, 2.24) is 9.71 Å². The van der Waals surface area contributed by atoms with Crippen LogP contribution in [0.1, 0.15) is 15.9 Å². The summed E-state index contributed by atoms with van der Waals surface area (Å²) in [4.78, 5) is 15.6. The van der Waals surface area contributed by atoms with Crippen LogP contribution in [0.25, 0.3) is 11.5 Å². The van der Waals surface area contributed by atoms with E-state index in [1.165, 1.54) is 31.6 Å². The van der Waals surface area contributed by atoms with E-state index in [4.69, 9.17) is 14.9 Å². The van der Waals surface area contributed by atoms with Crippen LogP contribution in [0, 0.1) is 0 Å². The highest BCUT2D eigenvalue weighted by molar-refractivity contribution is 7.89. The summed E-state index contributed by atoms with van der Waals surface area (Å²) in [5, 5.41) is 0. The Labute approximate surface area is 156 Å². The van der Waals surface area contributed by atoms with E-state index in [-0.39, 0.29) is 22.8 Å². The number of nitrogens with zero attached hydrogens (tertiary/aromatic N) is 1. The summed E-state index contributed by atoms with van der Waals surface area (Å²) >= 11 is 0. The Bertz CT molecular complexity index is 1060. The molecule has 0 fully saturated rings. The number of amides is 1. The van der Waals surface area contributed by atoms with Crippen LogP contribution in [0.2, 0.25) is 0 Å². The Hall–Kier alpha value is -3.17. The number of aromatic nitrogens is 1. The monoisotopic (exact) mass is 387 g/mol. The normalized spacial score (nSPS) is 11.3. The number of rotatable bonds is 7. The average Bonchev–Trinajstić information content (AvgIpc) is 3.21. The number of primary amides is 1. The molecule has 0 saturated carbocycles. The lowest BCUT2D eigenvalue weighted by Gasteiger charge is -2.10. The molecule has 27 heavy (non-hydrogen) atoms. The summed E-state index contributed by atoms with van der Waals surface area (Å²) in [5.41, 5.74) is 6.56. The number of ether oxygens (including phenoxy) is 1. The summed E-state index contributed by atoms with van der Waals surface area (Å²) in [7, 11) is -2.49. The van der Waals surface area contributed by atoms with Gasteiger partial charge >= 0.3 is 0 Å². The fourth-order valence-corrected chi connectivity index (χ4v) is 3.50. The predicted molar refractivity (Wildman–Crippen MR) is 97.5 cm³/mol. The first-order valence-electron chi connectivity index (χ1n) is 7.87. The molecule has 3 aromatic rings. The van der Waals surface area contributed by atoms with Gasteiger partial charge in [0.25, 0.3) is 5.91 Å². The Morgan fingerprint density at radius 1 is 1.26 bits per heavy atom. The number of methoxy groups -OCH3 is 1. The topological polar surface area (TPSA) is 125 Å². The lowest BCUT2D eigenvalue weighted by atomic mass is 10.2. The summed E-state index contributed by atoms with van der Waals surface area (Å²) in [6.07, 6.45) is 3.10. The summed E-state index contributed by atoms with van der Waals surface area (Å²) < 4.78 is 37.9. The average molecular weight is 387 g/mol. The van der Waals surface area contributed by atoms with Crippen molar-refractivity contribution in [3.63, 3.8) is 0 Å². The Kier molecular flexibility index (Phi) is 5.24. The zero-order chi connectivity index (χ0) is 19.4. The predicted octanol–water partition coefficient (Wildman–Crippen LogP) is 1.93. The van der Waals surface area contributed by atoms with Gasteiger partial charge in [-0.2, -0.15) is 0 Å². The quantitative estimate of drug-likeness (QED) is 0.638. The second-order valence-electron chi connectivity index (χ2n) is 5.58. The van der Waals surface area contributed by atoms with E-state index in [1.54, 1.807) is 30.5 Å². The smallest absolute Gasteiger partial charge is 0.252 e. The number of pyridine rings is 1. The van der Waals surface area contributed by atoms with Gasteiger partial charge in [0.05, 0.1) is 23.8 Å². The van der Waals surface area contributed by atoms with Gasteiger partial charge in [-0.25, -0.2) is 13.1 Å². The van der Waals surface area contributed by atoms with Gasteiger partial charge in [-0.1, -0.05) is 0 Å². The minimum absolute atomic E-state index is 0.00982. The van der Waals surface area contributed by atoms with Crippen molar-refractivity contribution in [1.29, 1.82) is 0 Å². The molecule has 0 spiro atoms. The van der Waals surface area contributed by atoms with E-state index in [0.717, 1.165) is 0 Å². The number of furan rings is 1. The Morgan fingerprint density at radius 3 is 2.74 bits per heavy atom. The van der Waals surface area contributed by atoms with Gasteiger partial charge in [0.15, 0.2) is 5.76 Å². The molecule has 0 unspecified atom stereocenters. The fourth-order valence-electron chi connectivity index (χ4n) is 2.45. The SMILES string of the molecule is COc1ccc(S(=O)(=O)NCc2ccnc(-c3ccco3)c2)cc1C(N)=O. The Balaban J connectivity index is 1.81. The third kappa shape index (κ3) is 4.15. The molecule has 0 atom stereocenters. The van der Waals surface area contributed by atoms with Crippen molar-refractivity contribution in [3.8, 4) is 17.2 Å². The maximum Gasteiger partial charge on any atom is 0.252 e. The highest BCUT2D eigenvalue weighted by atomic mass is 32.2. The van der Waals surface area contributed by atoms with Crippen LogP contribution in [-0.4, -0.2) is 26.4 Å². The fraction of sp³-hybridized carbons (Fsp3) is 0.111. The van der Waals surface area contributed by atoms with Crippen LogP contribution >= 0.6 is 0 Å². The molecule has 3 rings (SSSR count). The third-order valence-corrected chi connectivity index (χ3v) is 5.21. The van der Waals surface area contributed by atoms with E-state index < -0.39 is 15.9 Å². The number of hydrogen-bond acceptors (Lipinski definition) is 6. The summed E-state index contributed by atoms with van der Waals surface area (Å²) in [6, 6.07) is 10.8. The largest absolute Gasteiger partial charge is 0.496 e. The second kappa shape index (κ2) is 7.60. The van der Waals surface area contributed by atoms with E-state index in [0.29, 0.717) is 17.0 Å². The summed E-state index contributed by atoms with van der Waals surface area (Å²) in [6.45, 7) is 0.0382. The van der Waals surface area contributed by atoms with Crippen molar-refractivity contribution in [3.05, 3.63) is 66.1 Å². The lowest BCUT2D eigenvalue weighted by molar-refractivity contribution is 0.0997. The first-order valence-corrected chi connectivity index (χ1v) is 9.35. The third-order valence-electron chi connectivity index (χ3n) is 3.81. The maximum atomic E-state index is 12.6. The highest BCUT2D eigenvalue weighted by Gasteiger charge is 2.18. The van der Waals surface area contributed by atoms with Crippen LogP contribution in [0.5, 0.6) is 5.75 Å². The standard InChI is InChI=1S/C18H17N3O5S/c1-25-16-5-4-13(10-14(16)18(19)22)27(23,24)21-11-12-6-7-20-15(9-12)17-3-2-8-26-17/h2-10,21H,11H2,1H3,(H2,19,22). The minimum Gasteiger partial charge on any atom is -0.496 e. The molecule has 8 nitrogen and oxygen atoms in total. The molecule has 2 heterocycles.